The number of hydrogen-bond donors (Lipinski definition) is 3. The van der Waals surface area contributed by atoms with Crippen LogP contribution in [-0.2, 0) is 5.60 Å². The average Bonchev–Trinajstić information content (AvgIpc) is 3.24. The highest BCUT2D eigenvalue weighted by molar-refractivity contribution is 6.03. The van der Waals surface area contributed by atoms with E-state index >= 15 is 0 Å². The van der Waals surface area contributed by atoms with E-state index < -0.39 is 5.60 Å². The van der Waals surface area contributed by atoms with Gasteiger partial charge in [0.2, 0.25) is 0 Å². The lowest BCUT2D eigenvalue weighted by atomic mass is 9.75. The molecule has 1 fully saturated rings. The molecule has 1 aromatic carbocycles. The minimum atomic E-state index is -0.799. The quantitative estimate of drug-likeness (QED) is 0.629. The van der Waals surface area contributed by atoms with Crippen LogP contribution in [0.4, 0.5) is 5.69 Å². The van der Waals surface area contributed by atoms with Gasteiger partial charge >= 0.3 is 0 Å². The van der Waals surface area contributed by atoms with Crippen molar-refractivity contribution < 1.29 is 9.90 Å². The number of amides is 1. The molecule has 2 aliphatic carbocycles. The average molecular weight is 419 g/mol. The number of aromatic amines is 1. The Morgan fingerprint density at radius 2 is 2.00 bits per heavy atom. The van der Waals surface area contributed by atoms with E-state index in [9.17, 15) is 9.90 Å². The van der Waals surface area contributed by atoms with E-state index in [0.29, 0.717) is 5.69 Å². The fourth-order valence-electron chi connectivity index (χ4n) is 4.63. The van der Waals surface area contributed by atoms with Gasteiger partial charge in [0.15, 0.2) is 5.82 Å². The molecule has 0 spiro atoms. The van der Waals surface area contributed by atoms with Gasteiger partial charge in [-0.05, 0) is 60.8 Å². The standard InChI is InChI=1S/C25H30N4O2/c1-24(2)12-8-17(9-13-24)20-14-18(25(31)10-4-3-5-11-25)6-7-21(20)29-23(30)22-27-16-19(15-26)28-22/h6-8,14,16,31H,3-5,9-13H2,1-2H3,(H,27,28)(H,29,30). The Balaban J connectivity index is 1.69. The third kappa shape index (κ3) is 4.57. The van der Waals surface area contributed by atoms with Crippen LogP contribution in [0.25, 0.3) is 5.57 Å². The molecule has 0 unspecified atom stereocenters. The summed E-state index contributed by atoms with van der Waals surface area (Å²) in [5, 5.41) is 23.2. The monoisotopic (exact) mass is 418 g/mol. The van der Waals surface area contributed by atoms with E-state index in [1.165, 1.54) is 11.8 Å². The fraction of sp³-hybridized carbons (Fsp3) is 0.480. The van der Waals surface area contributed by atoms with Gasteiger partial charge in [-0.3, -0.25) is 4.79 Å². The summed E-state index contributed by atoms with van der Waals surface area (Å²) in [6.07, 6.45) is 11.4. The highest BCUT2D eigenvalue weighted by Gasteiger charge is 2.32. The number of nitrogens with one attached hydrogen (secondary N) is 2. The van der Waals surface area contributed by atoms with Gasteiger partial charge < -0.3 is 15.4 Å². The molecule has 1 amide bonds. The molecule has 0 saturated heterocycles. The molecular weight excluding hydrogens is 388 g/mol. The second-order valence-electron chi connectivity index (χ2n) is 9.66. The number of rotatable bonds is 4. The summed E-state index contributed by atoms with van der Waals surface area (Å²) >= 11 is 0. The maximum Gasteiger partial charge on any atom is 0.291 e. The summed E-state index contributed by atoms with van der Waals surface area (Å²) in [5.41, 5.74) is 3.52. The number of H-pyrrole nitrogens is 1. The van der Waals surface area contributed by atoms with E-state index in [4.69, 9.17) is 5.26 Å². The molecule has 6 nitrogen and oxygen atoms in total. The van der Waals surface area contributed by atoms with Gasteiger partial charge in [0, 0.05) is 11.3 Å². The minimum Gasteiger partial charge on any atom is -0.385 e. The highest BCUT2D eigenvalue weighted by atomic mass is 16.3. The van der Waals surface area contributed by atoms with Crippen molar-refractivity contribution >= 4 is 17.2 Å². The third-order valence-corrected chi connectivity index (χ3v) is 6.72. The van der Waals surface area contributed by atoms with Crippen molar-refractivity contribution in [1.29, 1.82) is 5.26 Å². The molecule has 3 N–H and O–H groups in total. The van der Waals surface area contributed by atoms with Crippen LogP contribution in [0.3, 0.4) is 0 Å². The molecule has 162 valence electrons. The molecule has 0 atom stereocenters. The van der Waals surface area contributed by atoms with Gasteiger partial charge in [-0.15, -0.1) is 0 Å². The molecule has 1 heterocycles. The molecule has 0 radical (unpaired) electrons. The lowest BCUT2D eigenvalue weighted by molar-refractivity contribution is -0.000632. The summed E-state index contributed by atoms with van der Waals surface area (Å²) in [7, 11) is 0. The molecule has 4 rings (SSSR count). The first kappa shape index (κ1) is 21.3. The second-order valence-corrected chi connectivity index (χ2v) is 9.66. The lowest BCUT2D eigenvalue weighted by Crippen LogP contribution is -2.28. The van der Waals surface area contributed by atoms with E-state index in [1.807, 2.05) is 18.2 Å². The number of benzene rings is 1. The largest absolute Gasteiger partial charge is 0.385 e. The first-order valence-electron chi connectivity index (χ1n) is 11.1. The number of nitrogens with zero attached hydrogens (tertiary/aromatic N) is 2. The molecule has 1 saturated carbocycles. The van der Waals surface area contributed by atoms with Crippen molar-refractivity contribution in [3.8, 4) is 6.07 Å². The summed E-state index contributed by atoms with van der Waals surface area (Å²) in [6.45, 7) is 4.54. The number of aliphatic hydroxyl groups is 1. The predicted octanol–water partition coefficient (Wildman–Crippen LogP) is 5.28. The van der Waals surface area contributed by atoms with E-state index in [2.05, 4.69) is 41.3 Å². The van der Waals surface area contributed by atoms with Crippen LogP contribution in [0, 0.1) is 16.7 Å². The maximum absolute atomic E-state index is 12.7. The number of carbonyl (C=O) groups is 1. The molecule has 6 heteroatoms. The summed E-state index contributed by atoms with van der Waals surface area (Å²) < 4.78 is 0. The number of carbonyl (C=O) groups excluding carboxylic acids is 1. The topological polar surface area (TPSA) is 102 Å². The molecular formula is C25H30N4O2. The zero-order valence-electron chi connectivity index (χ0n) is 18.3. The Kier molecular flexibility index (Phi) is 5.72. The first-order valence-corrected chi connectivity index (χ1v) is 11.1. The molecule has 0 aliphatic heterocycles. The zero-order chi connectivity index (χ0) is 22.1. The van der Waals surface area contributed by atoms with Crippen molar-refractivity contribution in [3.63, 3.8) is 0 Å². The molecule has 2 aromatic rings. The Bertz CT molecular complexity index is 1050. The van der Waals surface area contributed by atoms with E-state index in [-0.39, 0.29) is 22.8 Å². The molecule has 1 aromatic heterocycles. The number of aromatic nitrogens is 2. The minimum absolute atomic E-state index is 0.108. The summed E-state index contributed by atoms with van der Waals surface area (Å²) in [6, 6.07) is 7.84. The van der Waals surface area contributed by atoms with Gasteiger partial charge in [-0.25, -0.2) is 4.98 Å². The number of anilines is 1. The normalized spacial score (nSPS) is 19.9. The van der Waals surface area contributed by atoms with Crippen LogP contribution in [0.15, 0.2) is 30.5 Å². The van der Waals surface area contributed by atoms with Crippen LogP contribution in [0.1, 0.15) is 92.7 Å². The van der Waals surface area contributed by atoms with Gasteiger partial charge in [0.05, 0.1) is 11.8 Å². The summed E-state index contributed by atoms with van der Waals surface area (Å²) in [4.78, 5) is 19.5. The Morgan fingerprint density at radius 1 is 1.23 bits per heavy atom. The SMILES string of the molecule is CC1(C)CC=C(c2cc(C3(O)CCCCC3)ccc2NC(=O)c2ncc(C#N)[nH]2)CC1. The maximum atomic E-state index is 12.7. The van der Waals surface area contributed by atoms with Crippen molar-refractivity contribution in [2.45, 2.75) is 70.8 Å². The van der Waals surface area contributed by atoms with Gasteiger partial charge in [0.1, 0.15) is 11.8 Å². The smallest absolute Gasteiger partial charge is 0.291 e. The van der Waals surface area contributed by atoms with Crippen LogP contribution in [-0.4, -0.2) is 21.0 Å². The second kappa shape index (κ2) is 8.32. The van der Waals surface area contributed by atoms with Crippen LogP contribution in [0.2, 0.25) is 0 Å². The Morgan fingerprint density at radius 3 is 2.65 bits per heavy atom. The van der Waals surface area contributed by atoms with Crippen LogP contribution in [0.5, 0.6) is 0 Å². The number of allylic oxidation sites excluding steroid dienone is 2. The van der Waals surface area contributed by atoms with E-state index in [1.54, 1.807) is 0 Å². The van der Waals surface area contributed by atoms with Crippen molar-refractivity contribution in [2.24, 2.45) is 5.41 Å². The third-order valence-electron chi connectivity index (χ3n) is 6.72. The number of nitriles is 1. The molecule has 2 aliphatic rings. The Hall–Kier alpha value is -2.91. The number of hydrogen-bond acceptors (Lipinski definition) is 4. The van der Waals surface area contributed by atoms with Crippen molar-refractivity contribution in [2.75, 3.05) is 5.32 Å². The molecule has 31 heavy (non-hydrogen) atoms. The predicted molar refractivity (Wildman–Crippen MR) is 120 cm³/mol. The number of imidazole rings is 1. The zero-order valence-corrected chi connectivity index (χ0v) is 18.3. The van der Waals surface area contributed by atoms with Gasteiger partial charge in [0.25, 0.3) is 5.91 Å². The highest BCUT2D eigenvalue weighted by Crippen LogP contribution is 2.43. The van der Waals surface area contributed by atoms with Gasteiger partial charge in [-0.1, -0.05) is 45.3 Å². The van der Waals surface area contributed by atoms with E-state index in [0.717, 1.165) is 62.5 Å². The van der Waals surface area contributed by atoms with Crippen molar-refractivity contribution in [1.82, 2.24) is 9.97 Å². The summed E-state index contributed by atoms with van der Waals surface area (Å²) in [5.74, 6) is -0.278. The van der Waals surface area contributed by atoms with Crippen LogP contribution >= 0.6 is 0 Å². The lowest BCUT2D eigenvalue weighted by Gasteiger charge is -2.34. The fourth-order valence-corrected chi connectivity index (χ4v) is 4.63. The molecule has 0 bridgehead atoms. The first-order chi connectivity index (χ1) is 14.8. The van der Waals surface area contributed by atoms with Crippen molar-refractivity contribution in [3.05, 3.63) is 53.1 Å². The van der Waals surface area contributed by atoms with Crippen LogP contribution < -0.4 is 5.32 Å². The Labute approximate surface area is 183 Å². The van der Waals surface area contributed by atoms with Gasteiger partial charge in [-0.2, -0.15) is 5.26 Å².